The maximum Gasteiger partial charge on any atom is 0.319 e. The third-order valence-electron chi connectivity index (χ3n) is 4.97. The first-order valence-corrected chi connectivity index (χ1v) is 11.6. The van der Waals surface area contributed by atoms with Gasteiger partial charge in [0, 0.05) is 36.7 Å². The largest absolute Gasteiger partial charge is 0.381 e. The van der Waals surface area contributed by atoms with E-state index in [1.54, 1.807) is 0 Å². The number of ether oxygens (including phenoxy) is 1. The Balaban J connectivity index is 2.36. The van der Waals surface area contributed by atoms with Crippen molar-refractivity contribution in [1.29, 1.82) is 0 Å². The Labute approximate surface area is 189 Å². The number of benzene rings is 1. The topological polar surface area (TPSA) is 74.4 Å². The van der Waals surface area contributed by atoms with Crippen LogP contribution in [-0.2, 0) is 4.74 Å². The Kier molecular flexibility index (Phi) is 12.1. The van der Waals surface area contributed by atoms with Gasteiger partial charge in [-0.05, 0) is 64.2 Å². The van der Waals surface area contributed by atoms with E-state index in [1.165, 1.54) is 25.7 Å². The molecule has 4 N–H and O–H groups in total. The molecular weight excluding hydrogens is 388 g/mol. The van der Waals surface area contributed by atoms with Gasteiger partial charge in [-0.2, -0.15) is 0 Å². The van der Waals surface area contributed by atoms with Gasteiger partial charge in [-0.25, -0.2) is 4.79 Å². The lowest BCUT2D eigenvalue weighted by Gasteiger charge is -2.21. The molecular formula is C25H44N4O2. The third-order valence-corrected chi connectivity index (χ3v) is 4.97. The van der Waals surface area contributed by atoms with E-state index in [1.807, 2.05) is 45.9 Å². The minimum atomic E-state index is -0.289. The van der Waals surface area contributed by atoms with Crippen LogP contribution in [0.25, 0.3) is 0 Å². The molecule has 0 heterocycles. The number of hydrogen-bond donors (Lipinski definition) is 4. The van der Waals surface area contributed by atoms with Crippen LogP contribution in [0.1, 0.15) is 72.3 Å². The average molecular weight is 433 g/mol. The van der Waals surface area contributed by atoms with E-state index in [2.05, 4.69) is 41.7 Å². The second-order valence-electron chi connectivity index (χ2n) is 9.23. The summed E-state index contributed by atoms with van der Waals surface area (Å²) in [6.07, 6.45) is 5.91. The number of anilines is 2. The second-order valence-corrected chi connectivity index (χ2v) is 9.23. The molecule has 6 nitrogen and oxygen atoms in total. The fraction of sp³-hybridized carbons (Fsp3) is 0.640. The first-order chi connectivity index (χ1) is 14.6. The van der Waals surface area contributed by atoms with Crippen LogP contribution < -0.4 is 21.3 Å². The van der Waals surface area contributed by atoms with E-state index in [-0.39, 0.29) is 11.6 Å². The number of urea groups is 1. The van der Waals surface area contributed by atoms with Crippen LogP contribution >= 0.6 is 0 Å². The van der Waals surface area contributed by atoms with Crippen LogP contribution in [0.2, 0.25) is 0 Å². The number of carbonyl (C=O) groups is 1. The molecule has 0 saturated carbocycles. The predicted molar refractivity (Wildman–Crippen MR) is 133 cm³/mol. The average Bonchev–Trinajstić information content (AvgIpc) is 2.68. The zero-order valence-corrected chi connectivity index (χ0v) is 20.5. The Morgan fingerprint density at radius 3 is 2.55 bits per heavy atom. The lowest BCUT2D eigenvalue weighted by molar-refractivity contribution is 0.0925. The number of rotatable bonds is 14. The SMILES string of the molecule is C=C(NCCCOCC(CC)CCCC)Nc1ccc(C)c(NC(=O)NC(C)(C)C)c1. The molecule has 31 heavy (non-hydrogen) atoms. The van der Waals surface area contributed by atoms with E-state index >= 15 is 0 Å². The molecule has 1 rings (SSSR count). The first-order valence-electron chi connectivity index (χ1n) is 11.6. The van der Waals surface area contributed by atoms with Crippen LogP contribution in [0.4, 0.5) is 16.2 Å². The highest BCUT2D eigenvalue weighted by atomic mass is 16.5. The summed E-state index contributed by atoms with van der Waals surface area (Å²) in [5.74, 6) is 1.41. The van der Waals surface area contributed by atoms with Crippen molar-refractivity contribution in [3.8, 4) is 0 Å². The molecule has 0 aliphatic rings. The summed E-state index contributed by atoms with van der Waals surface area (Å²) in [5, 5.41) is 12.4. The van der Waals surface area contributed by atoms with Crippen LogP contribution in [0.3, 0.4) is 0 Å². The Morgan fingerprint density at radius 1 is 1.16 bits per heavy atom. The molecule has 0 radical (unpaired) electrons. The zero-order chi connectivity index (χ0) is 23.3. The summed E-state index contributed by atoms with van der Waals surface area (Å²) < 4.78 is 5.85. The van der Waals surface area contributed by atoms with Gasteiger partial charge >= 0.3 is 6.03 Å². The molecule has 0 fully saturated rings. The van der Waals surface area contributed by atoms with E-state index < -0.39 is 0 Å². The minimum Gasteiger partial charge on any atom is -0.381 e. The van der Waals surface area contributed by atoms with Crippen molar-refractivity contribution in [2.75, 3.05) is 30.4 Å². The van der Waals surface area contributed by atoms with Gasteiger partial charge in [0.25, 0.3) is 0 Å². The molecule has 0 saturated heterocycles. The summed E-state index contributed by atoms with van der Waals surface area (Å²) in [5.41, 5.74) is 2.34. The van der Waals surface area contributed by atoms with Crippen molar-refractivity contribution in [1.82, 2.24) is 10.6 Å². The quantitative estimate of drug-likeness (QED) is 0.272. The monoisotopic (exact) mass is 432 g/mol. The molecule has 0 bridgehead atoms. The van der Waals surface area contributed by atoms with Gasteiger partial charge in [0.1, 0.15) is 0 Å². The molecule has 1 unspecified atom stereocenters. The maximum atomic E-state index is 12.2. The van der Waals surface area contributed by atoms with Crippen molar-refractivity contribution >= 4 is 17.4 Å². The highest BCUT2D eigenvalue weighted by Gasteiger charge is 2.14. The summed E-state index contributed by atoms with van der Waals surface area (Å²) >= 11 is 0. The fourth-order valence-electron chi connectivity index (χ4n) is 3.11. The summed E-state index contributed by atoms with van der Waals surface area (Å²) in [7, 11) is 0. The second kappa shape index (κ2) is 14.0. The number of unbranched alkanes of at least 4 members (excludes halogenated alkanes) is 1. The van der Waals surface area contributed by atoms with Gasteiger partial charge in [-0.15, -0.1) is 0 Å². The highest BCUT2D eigenvalue weighted by molar-refractivity contribution is 5.91. The predicted octanol–water partition coefficient (Wildman–Crippen LogP) is 6.01. The number of carbonyl (C=O) groups excluding carboxylic acids is 1. The van der Waals surface area contributed by atoms with Crippen LogP contribution in [-0.4, -0.2) is 31.3 Å². The molecule has 0 spiro atoms. The van der Waals surface area contributed by atoms with Crippen LogP contribution in [0.15, 0.2) is 30.6 Å². The van der Waals surface area contributed by atoms with Gasteiger partial charge in [-0.3, -0.25) is 0 Å². The summed E-state index contributed by atoms with van der Waals surface area (Å²) in [4.78, 5) is 12.2. The maximum absolute atomic E-state index is 12.2. The van der Waals surface area contributed by atoms with Gasteiger partial charge in [0.2, 0.25) is 0 Å². The fourth-order valence-corrected chi connectivity index (χ4v) is 3.11. The molecule has 176 valence electrons. The Morgan fingerprint density at radius 2 is 1.90 bits per heavy atom. The van der Waals surface area contributed by atoms with Crippen molar-refractivity contribution in [2.24, 2.45) is 5.92 Å². The molecule has 6 heteroatoms. The molecule has 1 atom stereocenters. The molecule has 2 amide bonds. The normalized spacial score (nSPS) is 12.2. The van der Waals surface area contributed by atoms with Gasteiger partial charge in [-0.1, -0.05) is 45.8 Å². The minimum absolute atomic E-state index is 0.218. The van der Waals surface area contributed by atoms with E-state index in [9.17, 15) is 4.79 Å². The molecule has 1 aromatic carbocycles. The number of aryl methyl sites for hydroxylation is 1. The Bertz CT molecular complexity index is 683. The van der Waals surface area contributed by atoms with Crippen molar-refractivity contribution < 1.29 is 9.53 Å². The van der Waals surface area contributed by atoms with E-state index in [0.717, 1.165) is 48.9 Å². The van der Waals surface area contributed by atoms with Gasteiger partial charge in [0.05, 0.1) is 5.82 Å². The molecule has 0 aliphatic carbocycles. The van der Waals surface area contributed by atoms with Gasteiger partial charge < -0.3 is 26.0 Å². The smallest absolute Gasteiger partial charge is 0.319 e. The van der Waals surface area contributed by atoms with E-state index in [0.29, 0.717) is 5.92 Å². The molecule has 0 aliphatic heterocycles. The molecule has 1 aromatic rings. The zero-order valence-electron chi connectivity index (χ0n) is 20.5. The Hall–Kier alpha value is -2.21. The number of nitrogens with one attached hydrogen (secondary N) is 4. The van der Waals surface area contributed by atoms with Crippen molar-refractivity contribution in [3.63, 3.8) is 0 Å². The standard InChI is InChI=1S/C25H44N4O2/c1-8-10-12-21(9-2)18-31-16-11-15-26-20(4)27-22-14-13-19(3)23(17-22)28-24(30)29-25(5,6)7/h13-14,17,21,26-27H,4,8-12,15-16,18H2,1-3,5-7H3,(H2,28,29,30). The number of amides is 2. The lowest BCUT2D eigenvalue weighted by atomic mass is 10.0. The third kappa shape index (κ3) is 12.3. The summed E-state index contributed by atoms with van der Waals surface area (Å²) in [6.45, 7) is 18.7. The van der Waals surface area contributed by atoms with Crippen molar-refractivity contribution in [2.45, 2.75) is 79.2 Å². The van der Waals surface area contributed by atoms with Gasteiger partial charge in [0.15, 0.2) is 0 Å². The lowest BCUT2D eigenvalue weighted by Crippen LogP contribution is -2.43. The molecule has 0 aromatic heterocycles. The van der Waals surface area contributed by atoms with Crippen LogP contribution in [0, 0.1) is 12.8 Å². The summed E-state index contributed by atoms with van der Waals surface area (Å²) in [6, 6.07) is 5.64. The van der Waals surface area contributed by atoms with Crippen LogP contribution in [0.5, 0.6) is 0 Å². The van der Waals surface area contributed by atoms with Crippen molar-refractivity contribution in [3.05, 3.63) is 36.2 Å². The highest BCUT2D eigenvalue weighted by Crippen LogP contribution is 2.21. The van der Waals surface area contributed by atoms with E-state index in [4.69, 9.17) is 4.74 Å². The number of hydrogen-bond acceptors (Lipinski definition) is 4. The first kappa shape index (κ1) is 26.8.